The van der Waals surface area contributed by atoms with Gasteiger partial charge in [0.15, 0.2) is 0 Å². The Morgan fingerprint density at radius 1 is 1.45 bits per heavy atom. The molecule has 1 aromatic heterocycles. The van der Waals surface area contributed by atoms with Crippen molar-refractivity contribution in [2.45, 2.75) is 24.8 Å². The average Bonchev–Trinajstić information content (AvgIpc) is 3.04. The molecule has 0 atom stereocenters. The van der Waals surface area contributed by atoms with E-state index < -0.39 is 10.0 Å². The third-order valence-corrected chi connectivity index (χ3v) is 4.58. The molecule has 2 aromatic rings. The van der Waals surface area contributed by atoms with Crippen LogP contribution in [0.2, 0.25) is 0 Å². The number of hydrogen-bond donors (Lipinski definition) is 2. The second-order valence-electron chi connectivity index (χ2n) is 4.68. The van der Waals surface area contributed by atoms with Gasteiger partial charge in [0.25, 0.3) is 0 Å². The number of nitrogens with zero attached hydrogens (tertiary/aromatic N) is 1. The van der Waals surface area contributed by atoms with Crippen LogP contribution >= 0.6 is 0 Å². The molecule has 0 spiro atoms. The van der Waals surface area contributed by atoms with Gasteiger partial charge in [0, 0.05) is 12.2 Å². The molecular formula is C13H15N3O3S. The molecule has 3 rings (SSSR count). The van der Waals surface area contributed by atoms with Crippen LogP contribution in [0.1, 0.15) is 17.2 Å². The summed E-state index contributed by atoms with van der Waals surface area (Å²) in [7, 11) is -3.56. The highest BCUT2D eigenvalue weighted by molar-refractivity contribution is 7.89. The fourth-order valence-electron chi connectivity index (χ4n) is 2.16. The SMILES string of the molecule is Cc1cnc(CNS(=O)(=O)c2ccc3c(c2)NCC3)o1. The van der Waals surface area contributed by atoms with Crippen LogP contribution in [0.3, 0.4) is 0 Å². The Morgan fingerprint density at radius 2 is 2.30 bits per heavy atom. The molecule has 1 aliphatic rings. The van der Waals surface area contributed by atoms with E-state index in [-0.39, 0.29) is 11.4 Å². The van der Waals surface area contributed by atoms with Gasteiger partial charge < -0.3 is 9.73 Å². The third-order valence-electron chi connectivity index (χ3n) is 3.18. The first-order valence-electron chi connectivity index (χ1n) is 6.32. The van der Waals surface area contributed by atoms with Gasteiger partial charge >= 0.3 is 0 Å². The monoisotopic (exact) mass is 293 g/mol. The number of hydrogen-bond acceptors (Lipinski definition) is 5. The largest absolute Gasteiger partial charge is 0.445 e. The van der Waals surface area contributed by atoms with Crippen LogP contribution in [-0.2, 0) is 23.0 Å². The van der Waals surface area contributed by atoms with E-state index in [1.165, 1.54) is 0 Å². The van der Waals surface area contributed by atoms with Crippen molar-refractivity contribution in [1.82, 2.24) is 9.71 Å². The van der Waals surface area contributed by atoms with E-state index in [1.807, 2.05) is 6.07 Å². The topological polar surface area (TPSA) is 84.2 Å². The maximum atomic E-state index is 12.2. The van der Waals surface area contributed by atoms with Gasteiger partial charge in [-0.1, -0.05) is 6.07 Å². The zero-order valence-corrected chi connectivity index (χ0v) is 11.8. The number of fused-ring (bicyclic) bond motifs is 1. The summed E-state index contributed by atoms with van der Waals surface area (Å²) >= 11 is 0. The molecule has 2 N–H and O–H groups in total. The molecule has 7 heteroatoms. The summed E-state index contributed by atoms with van der Waals surface area (Å²) in [6.45, 7) is 2.65. The highest BCUT2D eigenvalue weighted by atomic mass is 32.2. The number of benzene rings is 1. The summed E-state index contributed by atoms with van der Waals surface area (Å²) in [4.78, 5) is 4.21. The molecule has 0 fully saturated rings. The molecule has 106 valence electrons. The third kappa shape index (κ3) is 2.54. The Bertz CT molecular complexity index is 737. The fraction of sp³-hybridized carbons (Fsp3) is 0.308. The average molecular weight is 293 g/mol. The van der Waals surface area contributed by atoms with Gasteiger partial charge in [0.2, 0.25) is 15.9 Å². The van der Waals surface area contributed by atoms with Crippen molar-refractivity contribution in [3.63, 3.8) is 0 Å². The minimum absolute atomic E-state index is 0.0423. The lowest BCUT2D eigenvalue weighted by molar-refractivity contribution is 0.463. The van der Waals surface area contributed by atoms with Crippen LogP contribution in [0, 0.1) is 6.92 Å². The van der Waals surface area contributed by atoms with E-state index in [4.69, 9.17) is 4.42 Å². The summed E-state index contributed by atoms with van der Waals surface area (Å²) in [6, 6.07) is 5.12. The van der Waals surface area contributed by atoms with E-state index in [2.05, 4.69) is 15.0 Å². The highest BCUT2D eigenvalue weighted by Crippen LogP contribution is 2.25. The molecule has 20 heavy (non-hydrogen) atoms. The number of oxazole rings is 1. The lowest BCUT2D eigenvalue weighted by Crippen LogP contribution is -2.23. The molecule has 0 bridgehead atoms. The normalized spacial score (nSPS) is 14.1. The molecule has 1 aliphatic heterocycles. The fourth-order valence-corrected chi connectivity index (χ4v) is 3.16. The highest BCUT2D eigenvalue weighted by Gasteiger charge is 2.18. The Labute approximate surface area is 117 Å². The molecule has 0 amide bonds. The van der Waals surface area contributed by atoms with Gasteiger partial charge in [-0.25, -0.2) is 18.1 Å². The Hall–Kier alpha value is -1.86. The van der Waals surface area contributed by atoms with Crippen LogP contribution in [0.5, 0.6) is 0 Å². The smallest absolute Gasteiger partial charge is 0.241 e. The van der Waals surface area contributed by atoms with E-state index in [9.17, 15) is 8.42 Å². The lowest BCUT2D eigenvalue weighted by atomic mass is 10.2. The maximum absolute atomic E-state index is 12.2. The van der Waals surface area contributed by atoms with Crippen molar-refractivity contribution in [3.05, 3.63) is 41.6 Å². The number of nitrogens with one attached hydrogen (secondary N) is 2. The zero-order valence-electron chi connectivity index (χ0n) is 11.0. The van der Waals surface area contributed by atoms with Crippen molar-refractivity contribution in [2.75, 3.05) is 11.9 Å². The molecule has 6 nitrogen and oxygen atoms in total. The molecule has 0 unspecified atom stereocenters. The van der Waals surface area contributed by atoms with E-state index in [1.54, 1.807) is 25.3 Å². The van der Waals surface area contributed by atoms with Crippen molar-refractivity contribution < 1.29 is 12.8 Å². The Morgan fingerprint density at radius 3 is 3.05 bits per heavy atom. The summed E-state index contributed by atoms with van der Waals surface area (Å²) in [5.41, 5.74) is 2.03. The summed E-state index contributed by atoms with van der Waals surface area (Å²) in [5.74, 6) is 1.01. The van der Waals surface area contributed by atoms with Crippen LogP contribution in [-0.4, -0.2) is 19.9 Å². The van der Waals surface area contributed by atoms with E-state index >= 15 is 0 Å². The van der Waals surface area contributed by atoms with Crippen LogP contribution < -0.4 is 10.0 Å². The summed E-state index contributed by atoms with van der Waals surface area (Å²) in [5, 5.41) is 3.17. The van der Waals surface area contributed by atoms with Gasteiger partial charge in [-0.15, -0.1) is 0 Å². The molecule has 0 saturated carbocycles. The predicted octanol–water partition coefficient (Wildman–Crippen LogP) is 1.43. The van der Waals surface area contributed by atoms with Crippen molar-refractivity contribution in [3.8, 4) is 0 Å². The summed E-state index contributed by atoms with van der Waals surface area (Å²) < 4.78 is 32.1. The van der Waals surface area contributed by atoms with Crippen molar-refractivity contribution in [2.24, 2.45) is 0 Å². The molecule has 0 aliphatic carbocycles. The Balaban J connectivity index is 1.78. The lowest BCUT2D eigenvalue weighted by Gasteiger charge is -2.07. The van der Waals surface area contributed by atoms with Gasteiger partial charge in [-0.3, -0.25) is 0 Å². The van der Waals surface area contributed by atoms with E-state index in [0.717, 1.165) is 24.2 Å². The van der Waals surface area contributed by atoms with Gasteiger partial charge in [0.05, 0.1) is 17.6 Å². The second-order valence-corrected chi connectivity index (χ2v) is 6.45. The number of sulfonamides is 1. The number of aromatic nitrogens is 1. The minimum Gasteiger partial charge on any atom is -0.445 e. The van der Waals surface area contributed by atoms with Gasteiger partial charge in [-0.2, -0.15) is 0 Å². The first kappa shape index (κ1) is 13.1. The number of aryl methyl sites for hydroxylation is 1. The van der Waals surface area contributed by atoms with Crippen LogP contribution in [0.4, 0.5) is 5.69 Å². The number of rotatable bonds is 4. The summed E-state index contributed by atoms with van der Waals surface area (Å²) in [6.07, 6.45) is 2.49. The Kier molecular flexibility index (Phi) is 3.23. The second kappa shape index (κ2) is 4.92. The molecule has 0 saturated heterocycles. The quantitative estimate of drug-likeness (QED) is 0.891. The standard InChI is InChI=1S/C13H15N3O3S/c1-9-7-15-13(19-9)8-16-20(17,18)11-3-2-10-4-5-14-12(10)6-11/h2-3,6-7,14,16H,4-5,8H2,1H3. The predicted molar refractivity (Wildman–Crippen MR) is 73.9 cm³/mol. The zero-order chi connectivity index (χ0) is 14.2. The van der Waals surface area contributed by atoms with Crippen molar-refractivity contribution in [1.29, 1.82) is 0 Å². The van der Waals surface area contributed by atoms with Gasteiger partial charge in [-0.05, 0) is 31.0 Å². The number of anilines is 1. The van der Waals surface area contributed by atoms with Crippen molar-refractivity contribution >= 4 is 15.7 Å². The molecular weight excluding hydrogens is 278 g/mol. The molecule has 1 aromatic carbocycles. The maximum Gasteiger partial charge on any atom is 0.241 e. The molecule has 2 heterocycles. The first-order valence-corrected chi connectivity index (χ1v) is 7.81. The first-order chi connectivity index (χ1) is 9.54. The van der Waals surface area contributed by atoms with E-state index in [0.29, 0.717) is 11.7 Å². The van der Waals surface area contributed by atoms with Crippen LogP contribution in [0.15, 0.2) is 33.7 Å². The minimum atomic E-state index is -3.56. The molecule has 0 radical (unpaired) electrons. The van der Waals surface area contributed by atoms with Gasteiger partial charge in [0.1, 0.15) is 5.76 Å². The van der Waals surface area contributed by atoms with Crippen LogP contribution in [0.25, 0.3) is 0 Å².